The van der Waals surface area contributed by atoms with Gasteiger partial charge in [0.05, 0.1) is 12.3 Å². The molecule has 2 aliphatic rings. The fourth-order valence-electron chi connectivity index (χ4n) is 3.99. The number of sulfonamides is 1. The van der Waals surface area contributed by atoms with Gasteiger partial charge in [-0.15, -0.1) is 0 Å². The van der Waals surface area contributed by atoms with Crippen LogP contribution in [-0.4, -0.2) is 71.5 Å². The van der Waals surface area contributed by atoms with E-state index in [9.17, 15) is 36.7 Å². The zero-order valence-corrected chi connectivity index (χ0v) is 18.2. The lowest BCUT2D eigenvalue weighted by Gasteiger charge is -2.34. The molecule has 2 bridgehead atoms. The molecule has 2 aliphatic heterocycles. The summed E-state index contributed by atoms with van der Waals surface area (Å²) in [6.07, 6.45) is 2.14. The van der Waals surface area contributed by atoms with Gasteiger partial charge >= 0.3 is 0 Å². The third-order valence-corrected chi connectivity index (χ3v) is 7.00. The number of benzene rings is 1. The first-order valence-corrected chi connectivity index (χ1v) is 11.8. The number of rotatable bonds is 4. The molecule has 1 unspecified atom stereocenters. The number of fused-ring (bicyclic) bond motifs is 4. The molecule has 1 fully saturated rings. The minimum atomic E-state index is -3.58. The minimum Gasteiger partial charge on any atom is -0.503 e. The SMILES string of the molecule is CS(=O)(=O)N1CCN2CC(C1)n1cc(C(=O)NCc3ccc(F)cc3F)c(=O)c(O)c1C2=O. The summed E-state index contributed by atoms with van der Waals surface area (Å²) in [6.45, 7) is -0.120. The number of aromatic nitrogens is 1. The van der Waals surface area contributed by atoms with E-state index in [1.807, 2.05) is 0 Å². The van der Waals surface area contributed by atoms with Crippen molar-refractivity contribution in [3.8, 4) is 5.75 Å². The number of aromatic hydroxyl groups is 1. The molecule has 10 nitrogen and oxygen atoms in total. The molecule has 33 heavy (non-hydrogen) atoms. The molecule has 1 aromatic carbocycles. The maximum Gasteiger partial charge on any atom is 0.274 e. The van der Waals surface area contributed by atoms with Gasteiger partial charge in [-0.1, -0.05) is 6.07 Å². The quantitative estimate of drug-likeness (QED) is 0.633. The summed E-state index contributed by atoms with van der Waals surface area (Å²) >= 11 is 0. The van der Waals surface area contributed by atoms with Gasteiger partial charge < -0.3 is 19.9 Å². The van der Waals surface area contributed by atoms with Crippen molar-refractivity contribution >= 4 is 21.8 Å². The topological polar surface area (TPSA) is 129 Å². The van der Waals surface area contributed by atoms with Crippen LogP contribution in [0.1, 0.15) is 32.5 Å². The van der Waals surface area contributed by atoms with E-state index in [0.717, 1.165) is 24.6 Å². The highest BCUT2D eigenvalue weighted by molar-refractivity contribution is 7.88. The van der Waals surface area contributed by atoms with Crippen LogP contribution in [0.25, 0.3) is 0 Å². The van der Waals surface area contributed by atoms with Gasteiger partial charge in [0.25, 0.3) is 11.8 Å². The lowest BCUT2D eigenvalue weighted by molar-refractivity contribution is 0.0685. The largest absolute Gasteiger partial charge is 0.503 e. The Morgan fingerprint density at radius 1 is 1.21 bits per heavy atom. The summed E-state index contributed by atoms with van der Waals surface area (Å²) < 4.78 is 53.5. The molecular weight excluding hydrogens is 462 g/mol. The smallest absolute Gasteiger partial charge is 0.274 e. The average molecular weight is 482 g/mol. The molecule has 0 aliphatic carbocycles. The number of nitrogens with one attached hydrogen (secondary N) is 1. The van der Waals surface area contributed by atoms with Crippen molar-refractivity contribution in [2.24, 2.45) is 0 Å². The van der Waals surface area contributed by atoms with E-state index in [2.05, 4.69) is 5.32 Å². The fraction of sp³-hybridized carbons (Fsp3) is 0.350. The van der Waals surface area contributed by atoms with E-state index < -0.39 is 56.3 Å². The highest BCUT2D eigenvalue weighted by Crippen LogP contribution is 2.29. The van der Waals surface area contributed by atoms with Gasteiger partial charge in [-0.2, -0.15) is 4.31 Å². The minimum absolute atomic E-state index is 0.0228. The zero-order valence-electron chi connectivity index (χ0n) is 17.4. The first kappa shape index (κ1) is 22.9. The Balaban J connectivity index is 1.69. The summed E-state index contributed by atoms with van der Waals surface area (Å²) in [4.78, 5) is 39.5. The molecule has 2 amide bonds. The summed E-state index contributed by atoms with van der Waals surface area (Å²) in [5, 5.41) is 12.8. The maximum atomic E-state index is 13.8. The van der Waals surface area contributed by atoms with Gasteiger partial charge in [0, 0.05) is 50.6 Å². The highest BCUT2D eigenvalue weighted by atomic mass is 32.2. The highest BCUT2D eigenvalue weighted by Gasteiger charge is 2.39. The lowest BCUT2D eigenvalue weighted by atomic mass is 10.1. The van der Waals surface area contributed by atoms with Crippen molar-refractivity contribution in [3.63, 3.8) is 0 Å². The molecule has 1 saturated heterocycles. The molecule has 2 N–H and O–H groups in total. The molecule has 0 spiro atoms. The van der Waals surface area contributed by atoms with Crippen LogP contribution >= 0.6 is 0 Å². The van der Waals surface area contributed by atoms with Crippen LogP contribution in [0, 0.1) is 11.6 Å². The molecule has 0 radical (unpaired) electrons. The van der Waals surface area contributed by atoms with E-state index in [4.69, 9.17) is 0 Å². The number of carbonyl (C=O) groups is 2. The van der Waals surface area contributed by atoms with Gasteiger partial charge in [-0.25, -0.2) is 17.2 Å². The second-order valence-corrected chi connectivity index (χ2v) is 9.90. The number of hydrogen-bond donors (Lipinski definition) is 2. The standard InChI is InChI=1S/C20H20F2N4O6S/c1-33(31,32)25-5-4-24-8-13(9-25)26-10-14(17(27)18(28)16(26)20(24)30)19(29)23-7-11-2-3-12(21)6-15(11)22/h2-3,6,10,13,28H,4-5,7-9H2,1H3,(H,23,29). The second-order valence-electron chi connectivity index (χ2n) is 7.92. The van der Waals surface area contributed by atoms with Crippen molar-refractivity contribution in [1.82, 2.24) is 19.1 Å². The number of carbonyl (C=O) groups excluding carboxylic acids is 2. The van der Waals surface area contributed by atoms with Crippen LogP contribution in [0.3, 0.4) is 0 Å². The van der Waals surface area contributed by atoms with E-state index >= 15 is 0 Å². The van der Waals surface area contributed by atoms with Gasteiger partial charge in [0.15, 0.2) is 11.4 Å². The molecule has 176 valence electrons. The van der Waals surface area contributed by atoms with Gasteiger partial charge in [-0.3, -0.25) is 14.4 Å². The van der Waals surface area contributed by atoms with Crippen LogP contribution < -0.4 is 10.7 Å². The summed E-state index contributed by atoms with van der Waals surface area (Å²) in [5.41, 5.74) is -1.94. The number of halogens is 2. The lowest BCUT2D eigenvalue weighted by Crippen LogP contribution is -2.45. The third kappa shape index (κ3) is 4.20. The molecular formula is C20H20F2N4O6S. The Kier molecular flexibility index (Phi) is 5.70. The van der Waals surface area contributed by atoms with E-state index in [-0.39, 0.29) is 44.0 Å². The van der Waals surface area contributed by atoms with E-state index in [1.165, 1.54) is 13.8 Å². The third-order valence-electron chi connectivity index (χ3n) is 5.73. The predicted octanol–water partition coefficient (Wildman–Crippen LogP) is 0.0342. The van der Waals surface area contributed by atoms with Crippen molar-refractivity contribution in [2.75, 3.05) is 32.4 Å². The van der Waals surface area contributed by atoms with Crippen molar-refractivity contribution in [3.05, 3.63) is 63.1 Å². The molecule has 1 aromatic heterocycles. The molecule has 13 heteroatoms. The van der Waals surface area contributed by atoms with Crippen LogP contribution in [0.5, 0.6) is 5.75 Å². The van der Waals surface area contributed by atoms with Crippen molar-refractivity contribution < 1.29 is 31.9 Å². The Morgan fingerprint density at radius 2 is 1.94 bits per heavy atom. The van der Waals surface area contributed by atoms with Crippen LogP contribution in [0.15, 0.2) is 29.2 Å². The van der Waals surface area contributed by atoms with Gasteiger partial charge in [-0.05, 0) is 6.07 Å². The maximum absolute atomic E-state index is 13.8. The van der Waals surface area contributed by atoms with E-state index in [0.29, 0.717) is 6.07 Å². The molecule has 0 saturated carbocycles. The van der Waals surface area contributed by atoms with Crippen LogP contribution in [0.2, 0.25) is 0 Å². The Bertz CT molecular complexity index is 1330. The summed E-state index contributed by atoms with van der Waals surface area (Å²) in [5.74, 6) is -4.20. The molecule has 2 aromatic rings. The Hall–Kier alpha value is -3.32. The Morgan fingerprint density at radius 3 is 2.61 bits per heavy atom. The van der Waals surface area contributed by atoms with E-state index in [1.54, 1.807) is 0 Å². The molecule has 3 heterocycles. The van der Waals surface area contributed by atoms with Crippen LogP contribution in [0.4, 0.5) is 8.78 Å². The van der Waals surface area contributed by atoms with Gasteiger partial charge in [0.2, 0.25) is 15.5 Å². The first-order valence-electron chi connectivity index (χ1n) is 9.92. The molecule has 1 atom stereocenters. The van der Waals surface area contributed by atoms with Crippen LogP contribution in [-0.2, 0) is 16.6 Å². The van der Waals surface area contributed by atoms with Crippen molar-refractivity contribution in [1.29, 1.82) is 0 Å². The second kappa shape index (κ2) is 8.23. The van der Waals surface area contributed by atoms with Gasteiger partial charge in [0.1, 0.15) is 17.2 Å². The fourth-order valence-corrected chi connectivity index (χ4v) is 4.85. The zero-order chi connectivity index (χ0) is 24.1. The number of amides is 2. The Labute approximate surface area is 187 Å². The summed E-state index contributed by atoms with van der Waals surface area (Å²) in [7, 11) is -3.58. The normalized spacial score (nSPS) is 18.6. The number of pyridine rings is 1. The monoisotopic (exact) mass is 482 g/mol. The summed E-state index contributed by atoms with van der Waals surface area (Å²) in [6, 6.07) is 2.15. The predicted molar refractivity (Wildman–Crippen MR) is 111 cm³/mol. The average Bonchev–Trinajstić information content (AvgIpc) is 2.94. The first-order chi connectivity index (χ1) is 15.5. The number of nitrogens with zero attached hydrogens (tertiary/aromatic N) is 3. The number of hydrogen-bond acceptors (Lipinski definition) is 6. The molecule has 4 rings (SSSR count). The van der Waals surface area contributed by atoms with Crippen molar-refractivity contribution in [2.45, 2.75) is 12.6 Å².